The van der Waals surface area contributed by atoms with Crippen LogP contribution < -0.4 is 0 Å². The van der Waals surface area contributed by atoms with E-state index < -0.39 is 30.7 Å². The third-order valence-electron chi connectivity index (χ3n) is 5.49. The molecule has 0 rings (SSSR count). The standard InChI is InChI=1S/2C11H24O3S.Ba/c2*1-3-5-6-7-8-9-10-11(4-2)15(12,13)14;/h2*11H,3-10H2,1-2H3,(H,12,13,14);/q;;+2/p-2. The zero-order valence-electron chi connectivity index (χ0n) is 20.4. The molecule has 0 aliphatic rings. The summed E-state index contributed by atoms with van der Waals surface area (Å²) < 4.78 is 64.6. The minimum Gasteiger partial charge on any atom is -0.748 e. The second-order valence-corrected chi connectivity index (χ2v) is 11.5. The van der Waals surface area contributed by atoms with Crippen LogP contribution in [0.1, 0.15) is 130 Å². The van der Waals surface area contributed by atoms with Crippen molar-refractivity contribution in [1.29, 1.82) is 0 Å². The molecule has 0 saturated heterocycles. The van der Waals surface area contributed by atoms with E-state index in [1.807, 2.05) is 0 Å². The predicted octanol–water partition coefficient (Wildman–Crippen LogP) is 5.74. The molecular weight excluding hydrogens is 562 g/mol. The Morgan fingerprint density at radius 1 is 0.516 bits per heavy atom. The smallest absolute Gasteiger partial charge is 0.748 e. The van der Waals surface area contributed by atoms with Crippen molar-refractivity contribution < 1.29 is 25.9 Å². The minimum absolute atomic E-state index is 0. The van der Waals surface area contributed by atoms with Crippen LogP contribution >= 0.6 is 0 Å². The van der Waals surface area contributed by atoms with E-state index in [2.05, 4.69) is 13.8 Å². The molecule has 0 aromatic rings. The summed E-state index contributed by atoms with van der Waals surface area (Å²) in [5.41, 5.74) is 0. The molecule has 0 aromatic heterocycles. The molecule has 0 aromatic carbocycles. The summed E-state index contributed by atoms with van der Waals surface area (Å²) in [6.07, 6.45) is 15.5. The summed E-state index contributed by atoms with van der Waals surface area (Å²) in [6, 6.07) is 0. The van der Waals surface area contributed by atoms with Crippen molar-refractivity contribution >= 4 is 69.1 Å². The van der Waals surface area contributed by atoms with Gasteiger partial charge in [0.25, 0.3) is 0 Å². The number of unbranched alkanes of at least 4 members (excludes halogenated alkanes) is 10. The van der Waals surface area contributed by atoms with Crippen LogP contribution in [-0.4, -0.2) is 85.3 Å². The van der Waals surface area contributed by atoms with Gasteiger partial charge in [0.15, 0.2) is 0 Å². The Hall–Kier alpha value is 1.39. The number of hydrogen-bond donors (Lipinski definition) is 0. The van der Waals surface area contributed by atoms with Crippen molar-refractivity contribution in [2.45, 2.75) is 141 Å². The van der Waals surface area contributed by atoms with Crippen LogP contribution in [0.2, 0.25) is 0 Å². The molecule has 0 heterocycles. The van der Waals surface area contributed by atoms with Gasteiger partial charge < -0.3 is 9.11 Å². The average molecular weight is 608 g/mol. The van der Waals surface area contributed by atoms with Gasteiger partial charge in [-0.1, -0.05) is 105 Å². The summed E-state index contributed by atoms with van der Waals surface area (Å²) in [6.45, 7) is 7.85. The molecular formula is C22H46BaO6S2. The van der Waals surface area contributed by atoms with Crippen LogP contribution in [0.5, 0.6) is 0 Å². The summed E-state index contributed by atoms with van der Waals surface area (Å²) in [5.74, 6) is 0. The van der Waals surface area contributed by atoms with Gasteiger partial charge in [0.05, 0.1) is 20.2 Å². The Bertz CT molecular complexity index is 527. The van der Waals surface area contributed by atoms with E-state index in [-0.39, 0.29) is 48.9 Å². The summed E-state index contributed by atoms with van der Waals surface area (Å²) in [7, 11) is -8.12. The van der Waals surface area contributed by atoms with Crippen molar-refractivity contribution in [2.75, 3.05) is 0 Å². The molecule has 0 N–H and O–H groups in total. The third kappa shape index (κ3) is 24.3. The fourth-order valence-corrected chi connectivity index (χ4v) is 5.14. The molecule has 0 amide bonds. The quantitative estimate of drug-likeness (QED) is 0.111. The van der Waals surface area contributed by atoms with E-state index in [0.29, 0.717) is 25.7 Å². The van der Waals surface area contributed by atoms with Gasteiger partial charge >= 0.3 is 48.9 Å². The fourth-order valence-electron chi connectivity index (χ4n) is 3.41. The second kappa shape index (κ2) is 23.1. The zero-order chi connectivity index (χ0) is 23.5. The van der Waals surface area contributed by atoms with Gasteiger partial charge in [-0.05, 0) is 25.7 Å². The van der Waals surface area contributed by atoms with E-state index in [1.54, 1.807) is 13.8 Å². The van der Waals surface area contributed by atoms with Crippen LogP contribution in [-0.2, 0) is 20.2 Å². The van der Waals surface area contributed by atoms with Crippen molar-refractivity contribution in [3.8, 4) is 0 Å². The van der Waals surface area contributed by atoms with Gasteiger partial charge in [-0.15, -0.1) is 0 Å². The van der Waals surface area contributed by atoms with E-state index in [0.717, 1.165) is 38.5 Å². The van der Waals surface area contributed by atoms with E-state index in [1.165, 1.54) is 38.5 Å². The Morgan fingerprint density at radius 2 is 0.774 bits per heavy atom. The Labute approximate surface area is 233 Å². The maximum atomic E-state index is 10.8. The SMILES string of the molecule is CCCCCCCCC(CC)S(=O)(=O)[O-].CCCCCCCCC(CC)S(=O)(=O)[O-].[Ba+2]. The van der Waals surface area contributed by atoms with Gasteiger partial charge in [-0.2, -0.15) is 0 Å². The van der Waals surface area contributed by atoms with E-state index >= 15 is 0 Å². The van der Waals surface area contributed by atoms with Crippen molar-refractivity contribution in [3.05, 3.63) is 0 Å². The minimum atomic E-state index is -4.06. The van der Waals surface area contributed by atoms with Crippen LogP contribution in [0, 0.1) is 0 Å². The van der Waals surface area contributed by atoms with E-state index in [9.17, 15) is 25.9 Å². The molecule has 0 spiro atoms. The van der Waals surface area contributed by atoms with Crippen molar-refractivity contribution in [1.82, 2.24) is 0 Å². The van der Waals surface area contributed by atoms with Gasteiger partial charge in [0, 0.05) is 10.5 Å². The van der Waals surface area contributed by atoms with Crippen LogP contribution in [0.3, 0.4) is 0 Å². The molecule has 184 valence electrons. The molecule has 6 nitrogen and oxygen atoms in total. The van der Waals surface area contributed by atoms with Gasteiger partial charge in [-0.25, -0.2) is 16.8 Å². The van der Waals surface area contributed by atoms with Gasteiger partial charge in [0.2, 0.25) is 0 Å². The predicted molar refractivity (Wildman–Crippen MR) is 129 cm³/mol. The molecule has 9 heteroatoms. The molecule has 0 bridgehead atoms. The first kappa shape index (κ1) is 36.9. The first-order valence-electron chi connectivity index (χ1n) is 11.9. The van der Waals surface area contributed by atoms with Crippen LogP contribution in [0.25, 0.3) is 0 Å². The van der Waals surface area contributed by atoms with Crippen LogP contribution in [0.4, 0.5) is 0 Å². The Kier molecular flexibility index (Phi) is 27.6. The van der Waals surface area contributed by atoms with Crippen molar-refractivity contribution in [2.24, 2.45) is 0 Å². The maximum Gasteiger partial charge on any atom is 2.00 e. The third-order valence-corrected chi connectivity index (χ3v) is 8.26. The molecule has 2 unspecified atom stereocenters. The summed E-state index contributed by atoms with van der Waals surface area (Å²) in [5, 5.41) is -1.33. The maximum absolute atomic E-state index is 10.8. The topological polar surface area (TPSA) is 114 Å². The summed E-state index contributed by atoms with van der Waals surface area (Å²) in [4.78, 5) is 0. The van der Waals surface area contributed by atoms with Gasteiger partial charge in [0.1, 0.15) is 0 Å². The molecule has 0 fully saturated rings. The molecule has 0 radical (unpaired) electrons. The molecule has 2 atom stereocenters. The Balaban J connectivity index is -0.000000490. The number of rotatable bonds is 18. The molecule has 0 saturated carbocycles. The zero-order valence-corrected chi connectivity index (χ0v) is 26.5. The monoisotopic (exact) mass is 608 g/mol. The fraction of sp³-hybridized carbons (Fsp3) is 1.00. The molecule has 31 heavy (non-hydrogen) atoms. The van der Waals surface area contributed by atoms with Gasteiger partial charge in [-0.3, -0.25) is 0 Å². The normalized spacial score (nSPS) is 13.6. The summed E-state index contributed by atoms with van der Waals surface area (Å²) >= 11 is 0. The van der Waals surface area contributed by atoms with Crippen molar-refractivity contribution in [3.63, 3.8) is 0 Å². The largest absolute Gasteiger partial charge is 2.00 e. The Morgan fingerprint density at radius 3 is 1.00 bits per heavy atom. The average Bonchev–Trinajstić information content (AvgIpc) is 2.65. The first-order valence-corrected chi connectivity index (χ1v) is 14.9. The molecule has 0 aliphatic heterocycles. The van der Waals surface area contributed by atoms with Crippen LogP contribution in [0.15, 0.2) is 0 Å². The number of hydrogen-bond acceptors (Lipinski definition) is 6. The first-order chi connectivity index (χ1) is 14.0. The second-order valence-electron chi connectivity index (χ2n) is 8.16. The molecule has 0 aliphatic carbocycles. The van der Waals surface area contributed by atoms with E-state index in [4.69, 9.17) is 0 Å².